The Kier molecular flexibility index (Phi) is 10.9. The number of alkyl halides is 4. The number of rotatable bonds is 6. The molecule has 2 aromatic rings. The highest BCUT2D eigenvalue weighted by Crippen LogP contribution is 2.55. The lowest BCUT2D eigenvalue weighted by Gasteiger charge is -2.52. The molecule has 3 N–H and O–H groups in total. The molecule has 214 valence electrons. The zero-order valence-corrected chi connectivity index (χ0v) is 23.1. The van der Waals surface area contributed by atoms with Crippen LogP contribution in [0.3, 0.4) is 0 Å². The molecule has 1 aliphatic heterocycles. The van der Waals surface area contributed by atoms with Crippen LogP contribution in [0, 0.1) is 19.3 Å². The van der Waals surface area contributed by atoms with Gasteiger partial charge < -0.3 is 20.6 Å². The number of para-hydroxylation sites is 1. The summed E-state index contributed by atoms with van der Waals surface area (Å²) in [6.07, 6.45) is 2.31. The van der Waals surface area contributed by atoms with Gasteiger partial charge in [0, 0.05) is 36.0 Å². The highest BCUT2D eigenvalue weighted by atomic mass is 19.4. The second-order valence-electron chi connectivity index (χ2n) is 9.97. The first kappa shape index (κ1) is 31.7. The molecule has 2 unspecified atom stereocenters. The van der Waals surface area contributed by atoms with Crippen LogP contribution in [0.5, 0.6) is 0 Å². The molecular formula is C29H38F4N4O2. The first-order valence-corrected chi connectivity index (χ1v) is 12.7. The summed E-state index contributed by atoms with van der Waals surface area (Å²) in [5, 5.41) is 14.0. The number of carboxylic acid groups (broad SMARTS) is 1. The highest BCUT2D eigenvalue weighted by molar-refractivity contribution is 6.06. The van der Waals surface area contributed by atoms with Gasteiger partial charge >= 0.3 is 6.68 Å². The molecule has 0 bridgehead atoms. The number of hydrogen-bond donors (Lipinski definition) is 3. The van der Waals surface area contributed by atoms with E-state index in [0.717, 1.165) is 47.0 Å². The third-order valence-corrected chi connectivity index (χ3v) is 7.64. The smallest absolute Gasteiger partial charge is 0.379 e. The number of aliphatic imine (C=N–C) groups is 1. The number of carbonyl (C=O) groups is 1. The Morgan fingerprint density at radius 1 is 1.23 bits per heavy atom. The zero-order chi connectivity index (χ0) is 29.4. The molecule has 10 heteroatoms. The third kappa shape index (κ3) is 7.52. The van der Waals surface area contributed by atoms with Gasteiger partial charge in [-0.1, -0.05) is 37.8 Å². The van der Waals surface area contributed by atoms with Gasteiger partial charge in [0.1, 0.15) is 5.67 Å². The van der Waals surface area contributed by atoms with Crippen molar-refractivity contribution in [3.63, 3.8) is 0 Å². The Morgan fingerprint density at radius 3 is 2.36 bits per heavy atom. The predicted octanol–water partition coefficient (Wildman–Crippen LogP) is 7.40. The van der Waals surface area contributed by atoms with Gasteiger partial charge in [-0.2, -0.15) is 13.2 Å². The van der Waals surface area contributed by atoms with E-state index in [2.05, 4.69) is 62.2 Å². The van der Waals surface area contributed by atoms with Crippen LogP contribution in [0.25, 0.3) is 5.70 Å². The summed E-state index contributed by atoms with van der Waals surface area (Å²) in [7, 11) is 1.97. The van der Waals surface area contributed by atoms with Crippen molar-refractivity contribution in [2.75, 3.05) is 24.2 Å². The molecule has 1 aliphatic carbocycles. The summed E-state index contributed by atoms with van der Waals surface area (Å²) in [6.45, 7) is 9.61. The van der Waals surface area contributed by atoms with Crippen LogP contribution in [0.1, 0.15) is 55.4 Å². The van der Waals surface area contributed by atoms with Gasteiger partial charge in [-0.15, -0.1) is 0 Å². The molecule has 0 saturated heterocycles. The number of hydrogen-bond acceptors (Lipinski definition) is 3. The number of halogens is 4. The zero-order valence-electron chi connectivity index (χ0n) is 23.1. The van der Waals surface area contributed by atoms with Crippen LogP contribution in [0.4, 0.5) is 28.9 Å². The van der Waals surface area contributed by atoms with Gasteiger partial charge in [0.05, 0.1) is 12.2 Å². The van der Waals surface area contributed by atoms with Crippen LogP contribution in [-0.2, 0) is 11.3 Å². The van der Waals surface area contributed by atoms with E-state index in [4.69, 9.17) is 14.9 Å². The number of nitrogens with zero attached hydrogens (tertiary/aromatic N) is 2. The Balaban J connectivity index is 0.000000686. The van der Waals surface area contributed by atoms with Crippen molar-refractivity contribution in [1.82, 2.24) is 4.90 Å². The van der Waals surface area contributed by atoms with Gasteiger partial charge in [-0.3, -0.25) is 9.79 Å². The minimum Gasteiger partial charge on any atom is -0.483 e. The standard InChI is InChI=1S/C27H35FN4.CHF3.CH2O2/c1-7-27(13-12-26(27,5)28)17-30-25-31-24-21(16-29-23-11-9-8-10-19(23)3)14-18(2)15-22(24)20(4)32(25)6;2-1(3)4;2-1-3/h8-11,14-15,29H,4,7,12-13,16-17H2,1-3,5-6H3,(H,30,31);1H;1H,(H,2,3). The molecule has 0 aromatic heterocycles. The van der Waals surface area contributed by atoms with Crippen molar-refractivity contribution in [1.29, 1.82) is 0 Å². The second kappa shape index (κ2) is 13.5. The van der Waals surface area contributed by atoms with E-state index in [1.165, 1.54) is 11.1 Å². The van der Waals surface area contributed by atoms with Crippen molar-refractivity contribution < 1.29 is 27.5 Å². The predicted molar refractivity (Wildman–Crippen MR) is 150 cm³/mol. The minimum absolute atomic E-state index is 0.250. The fourth-order valence-corrected chi connectivity index (χ4v) is 4.94. The Labute approximate surface area is 227 Å². The van der Waals surface area contributed by atoms with E-state index in [-0.39, 0.29) is 11.9 Å². The molecule has 0 radical (unpaired) electrons. The van der Waals surface area contributed by atoms with Crippen LogP contribution in [-0.4, -0.2) is 48.4 Å². The molecule has 1 heterocycles. The number of fused-ring (bicyclic) bond motifs is 1. The minimum atomic E-state index is -3.67. The number of guanidine groups is 1. The van der Waals surface area contributed by atoms with E-state index >= 15 is 0 Å². The summed E-state index contributed by atoms with van der Waals surface area (Å²) in [6, 6.07) is 12.7. The fourth-order valence-electron chi connectivity index (χ4n) is 4.94. The van der Waals surface area contributed by atoms with Crippen molar-refractivity contribution in [3.05, 3.63) is 65.2 Å². The number of anilines is 2. The van der Waals surface area contributed by atoms with E-state index in [1.807, 2.05) is 24.1 Å². The van der Waals surface area contributed by atoms with E-state index in [1.54, 1.807) is 6.92 Å². The van der Waals surface area contributed by atoms with Crippen LogP contribution in [0.15, 0.2) is 48.0 Å². The maximum Gasteiger partial charge on any atom is 0.379 e. The molecule has 2 aromatic carbocycles. The first-order valence-electron chi connectivity index (χ1n) is 12.7. The van der Waals surface area contributed by atoms with E-state index in [9.17, 15) is 17.6 Å². The SMILES string of the molecule is C=C1c2cc(C)cc(CNc3ccccc3C)c2NC(=NCC2(CC)CCC2(C)F)N1C.FC(F)F.O=CO. The molecular weight excluding hydrogens is 512 g/mol. The fraction of sp³-hybridized carbons (Fsp3) is 0.448. The summed E-state index contributed by atoms with van der Waals surface area (Å²) < 4.78 is 44.0. The van der Waals surface area contributed by atoms with Crippen molar-refractivity contribution in [3.8, 4) is 0 Å². The molecule has 4 rings (SSSR count). The summed E-state index contributed by atoms with van der Waals surface area (Å²) >= 11 is 0. The Bertz CT molecular complexity index is 1180. The van der Waals surface area contributed by atoms with Gasteiger partial charge in [0.25, 0.3) is 6.47 Å². The third-order valence-electron chi connectivity index (χ3n) is 7.64. The summed E-state index contributed by atoms with van der Waals surface area (Å²) in [4.78, 5) is 15.2. The lowest BCUT2D eigenvalue weighted by Crippen LogP contribution is -2.54. The Morgan fingerprint density at radius 2 is 1.85 bits per heavy atom. The van der Waals surface area contributed by atoms with Crippen LogP contribution < -0.4 is 10.6 Å². The van der Waals surface area contributed by atoms with Gasteiger partial charge in [-0.05, 0) is 68.9 Å². The molecule has 1 saturated carbocycles. The first-order chi connectivity index (χ1) is 18.3. The molecule has 39 heavy (non-hydrogen) atoms. The van der Waals surface area contributed by atoms with Crippen molar-refractivity contribution in [2.24, 2.45) is 10.4 Å². The maximum absolute atomic E-state index is 15.0. The van der Waals surface area contributed by atoms with Crippen molar-refractivity contribution in [2.45, 2.75) is 65.9 Å². The summed E-state index contributed by atoms with van der Waals surface area (Å²) in [5.74, 6) is 0.735. The topological polar surface area (TPSA) is 77.0 Å². The monoisotopic (exact) mass is 550 g/mol. The second-order valence-corrected chi connectivity index (χ2v) is 9.97. The summed E-state index contributed by atoms with van der Waals surface area (Å²) in [5.41, 5.74) is 6.19. The number of benzene rings is 2. The average molecular weight is 551 g/mol. The van der Waals surface area contributed by atoms with E-state index < -0.39 is 12.3 Å². The maximum atomic E-state index is 15.0. The highest BCUT2D eigenvalue weighted by Gasteiger charge is 2.55. The number of nitrogens with one attached hydrogen (secondary N) is 2. The van der Waals surface area contributed by atoms with E-state index in [0.29, 0.717) is 19.5 Å². The molecule has 2 atom stereocenters. The number of aryl methyl sites for hydroxylation is 2. The quantitative estimate of drug-likeness (QED) is 0.258. The van der Waals surface area contributed by atoms with Crippen molar-refractivity contribution >= 4 is 29.5 Å². The van der Waals surface area contributed by atoms with Gasteiger partial charge in [-0.25, -0.2) is 4.39 Å². The molecule has 1 fully saturated rings. The lowest BCUT2D eigenvalue weighted by atomic mass is 9.57. The molecule has 6 nitrogen and oxygen atoms in total. The largest absolute Gasteiger partial charge is 0.483 e. The Hall–Kier alpha value is -3.56. The van der Waals surface area contributed by atoms with Crippen LogP contribution >= 0.6 is 0 Å². The van der Waals surface area contributed by atoms with Gasteiger partial charge in [0.15, 0.2) is 0 Å². The molecule has 0 amide bonds. The normalized spacial score (nSPS) is 22.5. The van der Waals surface area contributed by atoms with Crippen LogP contribution in [0.2, 0.25) is 0 Å². The average Bonchev–Trinajstić information content (AvgIpc) is 2.86. The molecule has 0 spiro atoms. The van der Waals surface area contributed by atoms with Gasteiger partial charge in [0.2, 0.25) is 5.96 Å². The lowest BCUT2D eigenvalue weighted by molar-refractivity contribution is -0.122. The molecule has 2 aliphatic rings.